The van der Waals surface area contributed by atoms with Crippen LogP contribution in [0.15, 0.2) is 36.7 Å². The molecule has 1 saturated carbocycles. The van der Waals surface area contributed by atoms with E-state index in [0.717, 1.165) is 11.6 Å². The molecule has 6 nitrogen and oxygen atoms in total. The molecule has 1 amide bonds. The molecule has 1 aromatic carbocycles. The summed E-state index contributed by atoms with van der Waals surface area (Å²) < 4.78 is 5.60. The lowest BCUT2D eigenvalue weighted by Gasteiger charge is -2.16. The van der Waals surface area contributed by atoms with E-state index in [0.29, 0.717) is 17.4 Å². The van der Waals surface area contributed by atoms with Crippen molar-refractivity contribution in [3.05, 3.63) is 42.4 Å². The molecule has 1 aromatic heterocycles. The Morgan fingerprint density at radius 1 is 1.04 bits per heavy atom. The number of carbonyl (C=O) groups is 1. The van der Waals surface area contributed by atoms with Crippen LogP contribution in [0.4, 0.5) is 11.5 Å². The first-order chi connectivity index (χ1) is 13.1. The summed E-state index contributed by atoms with van der Waals surface area (Å²) in [6.45, 7) is 3.95. The monoisotopic (exact) mass is 368 g/mol. The number of nitrogens with one attached hydrogen (secondary N) is 2. The van der Waals surface area contributed by atoms with Crippen molar-refractivity contribution in [2.45, 2.75) is 64.5 Å². The lowest BCUT2D eigenvalue weighted by atomic mass is 10.1. The fourth-order valence-corrected chi connectivity index (χ4v) is 3.24. The van der Waals surface area contributed by atoms with Crippen LogP contribution in [0.25, 0.3) is 0 Å². The second-order valence-corrected chi connectivity index (χ2v) is 7.26. The van der Waals surface area contributed by atoms with Gasteiger partial charge in [-0.1, -0.05) is 25.7 Å². The fourth-order valence-electron chi connectivity index (χ4n) is 3.24. The van der Waals surface area contributed by atoms with E-state index >= 15 is 0 Å². The van der Waals surface area contributed by atoms with Gasteiger partial charge in [0.1, 0.15) is 17.3 Å². The average Bonchev–Trinajstić information content (AvgIpc) is 2.92. The number of anilines is 2. The number of benzene rings is 1. The van der Waals surface area contributed by atoms with Crippen LogP contribution in [-0.4, -0.2) is 28.0 Å². The van der Waals surface area contributed by atoms with Crippen LogP contribution in [-0.2, 0) is 0 Å². The molecule has 27 heavy (non-hydrogen) atoms. The van der Waals surface area contributed by atoms with Gasteiger partial charge in [0.25, 0.3) is 5.91 Å². The lowest BCUT2D eigenvalue weighted by Crippen LogP contribution is -2.20. The molecule has 2 N–H and O–H groups in total. The van der Waals surface area contributed by atoms with Crippen LogP contribution in [0.5, 0.6) is 5.75 Å². The molecule has 0 spiro atoms. The summed E-state index contributed by atoms with van der Waals surface area (Å²) in [4.78, 5) is 21.0. The van der Waals surface area contributed by atoms with E-state index in [9.17, 15) is 4.79 Å². The van der Waals surface area contributed by atoms with Crippen LogP contribution in [0, 0.1) is 0 Å². The predicted octanol–water partition coefficient (Wildman–Crippen LogP) is 4.65. The summed E-state index contributed by atoms with van der Waals surface area (Å²) in [7, 11) is 0. The third kappa shape index (κ3) is 5.94. The summed E-state index contributed by atoms with van der Waals surface area (Å²) in [6.07, 6.45) is 10.7. The molecule has 2 aromatic rings. The summed E-state index contributed by atoms with van der Waals surface area (Å²) in [5, 5.41) is 6.27. The van der Waals surface area contributed by atoms with Gasteiger partial charge in [0.05, 0.1) is 18.5 Å². The molecule has 144 valence electrons. The zero-order chi connectivity index (χ0) is 19.1. The van der Waals surface area contributed by atoms with Crippen molar-refractivity contribution in [2.24, 2.45) is 0 Å². The average molecular weight is 368 g/mol. The Morgan fingerprint density at radius 2 is 1.74 bits per heavy atom. The van der Waals surface area contributed by atoms with Crippen LogP contribution < -0.4 is 15.4 Å². The minimum Gasteiger partial charge on any atom is -0.491 e. The standard InChI is InChI=1S/C21H28N4O2/c1-15(2)27-18-11-9-17(10-12-18)25-21(26)19-13-23-20(14-22-19)24-16-7-5-3-4-6-8-16/h9-16H,3-8H2,1-2H3,(H,23,24)(H,25,26). The molecule has 6 heteroatoms. The molecule has 0 atom stereocenters. The molecule has 1 heterocycles. The highest BCUT2D eigenvalue weighted by Crippen LogP contribution is 2.20. The maximum atomic E-state index is 12.4. The Hall–Kier alpha value is -2.63. The summed E-state index contributed by atoms with van der Waals surface area (Å²) in [6, 6.07) is 7.74. The molecule has 0 aliphatic heterocycles. The van der Waals surface area contributed by atoms with Crippen molar-refractivity contribution in [3.8, 4) is 5.75 Å². The van der Waals surface area contributed by atoms with Crippen molar-refractivity contribution in [1.29, 1.82) is 0 Å². The van der Waals surface area contributed by atoms with Crippen molar-refractivity contribution >= 4 is 17.4 Å². The fraction of sp³-hybridized carbons (Fsp3) is 0.476. The van der Waals surface area contributed by atoms with Crippen LogP contribution in [0.3, 0.4) is 0 Å². The van der Waals surface area contributed by atoms with Gasteiger partial charge in [-0.3, -0.25) is 4.79 Å². The van der Waals surface area contributed by atoms with Crippen molar-refractivity contribution in [3.63, 3.8) is 0 Å². The van der Waals surface area contributed by atoms with Crippen molar-refractivity contribution in [1.82, 2.24) is 9.97 Å². The van der Waals surface area contributed by atoms with E-state index in [2.05, 4.69) is 20.6 Å². The molecule has 3 rings (SSSR count). The van der Waals surface area contributed by atoms with Gasteiger partial charge in [-0.05, 0) is 51.0 Å². The Labute approximate surface area is 160 Å². The quantitative estimate of drug-likeness (QED) is 0.726. The Bertz CT molecular complexity index is 721. The molecule has 0 saturated heterocycles. The third-order valence-electron chi connectivity index (χ3n) is 4.58. The third-order valence-corrected chi connectivity index (χ3v) is 4.58. The largest absolute Gasteiger partial charge is 0.491 e. The van der Waals surface area contributed by atoms with E-state index < -0.39 is 0 Å². The number of rotatable bonds is 6. The first kappa shape index (κ1) is 19.1. The van der Waals surface area contributed by atoms with E-state index in [-0.39, 0.29) is 12.0 Å². The topological polar surface area (TPSA) is 76.1 Å². The van der Waals surface area contributed by atoms with Crippen LogP contribution >= 0.6 is 0 Å². The van der Waals surface area contributed by atoms with E-state index in [4.69, 9.17) is 4.74 Å². The number of ether oxygens (including phenoxy) is 1. The maximum absolute atomic E-state index is 12.4. The van der Waals surface area contributed by atoms with Crippen molar-refractivity contribution < 1.29 is 9.53 Å². The summed E-state index contributed by atoms with van der Waals surface area (Å²) in [5.41, 5.74) is 0.988. The zero-order valence-corrected chi connectivity index (χ0v) is 16.1. The predicted molar refractivity (Wildman–Crippen MR) is 107 cm³/mol. The molecule has 1 aliphatic carbocycles. The summed E-state index contributed by atoms with van der Waals surface area (Å²) in [5.74, 6) is 1.23. The van der Waals surface area contributed by atoms with Crippen LogP contribution in [0.2, 0.25) is 0 Å². The molecule has 1 aliphatic rings. The van der Waals surface area contributed by atoms with Crippen molar-refractivity contribution in [2.75, 3.05) is 10.6 Å². The highest BCUT2D eigenvalue weighted by molar-refractivity contribution is 6.02. The second-order valence-electron chi connectivity index (χ2n) is 7.26. The van der Waals surface area contributed by atoms with Gasteiger partial charge in [-0.25, -0.2) is 9.97 Å². The lowest BCUT2D eigenvalue weighted by molar-refractivity contribution is 0.102. The van der Waals surface area contributed by atoms with Gasteiger partial charge in [0, 0.05) is 11.7 Å². The second kappa shape index (κ2) is 9.35. The minimum absolute atomic E-state index is 0.117. The summed E-state index contributed by atoms with van der Waals surface area (Å²) >= 11 is 0. The molecular formula is C21H28N4O2. The van der Waals surface area contributed by atoms with E-state index in [1.165, 1.54) is 44.7 Å². The number of hydrogen-bond acceptors (Lipinski definition) is 5. The first-order valence-corrected chi connectivity index (χ1v) is 9.77. The number of amides is 1. The Kier molecular flexibility index (Phi) is 6.63. The van der Waals surface area contributed by atoms with Gasteiger partial charge in [-0.2, -0.15) is 0 Å². The highest BCUT2D eigenvalue weighted by atomic mass is 16.5. The minimum atomic E-state index is -0.277. The highest BCUT2D eigenvalue weighted by Gasteiger charge is 2.14. The molecule has 0 bridgehead atoms. The van der Waals surface area contributed by atoms with Gasteiger partial charge < -0.3 is 15.4 Å². The van der Waals surface area contributed by atoms with Gasteiger partial charge in [0.2, 0.25) is 0 Å². The zero-order valence-electron chi connectivity index (χ0n) is 16.1. The number of aromatic nitrogens is 2. The van der Waals surface area contributed by atoms with Crippen LogP contribution in [0.1, 0.15) is 62.9 Å². The van der Waals surface area contributed by atoms with E-state index in [1.54, 1.807) is 6.20 Å². The normalized spacial score (nSPS) is 15.2. The van der Waals surface area contributed by atoms with E-state index in [1.807, 2.05) is 38.1 Å². The number of hydrogen-bond donors (Lipinski definition) is 2. The number of nitrogens with zero attached hydrogens (tertiary/aromatic N) is 2. The molecule has 1 fully saturated rings. The molecule has 0 radical (unpaired) electrons. The smallest absolute Gasteiger partial charge is 0.275 e. The first-order valence-electron chi connectivity index (χ1n) is 9.77. The Balaban J connectivity index is 1.55. The number of carbonyl (C=O) groups excluding carboxylic acids is 1. The SMILES string of the molecule is CC(C)Oc1ccc(NC(=O)c2cnc(NC3CCCCCC3)cn2)cc1. The van der Waals surface area contributed by atoms with Gasteiger partial charge in [-0.15, -0.1) is 0 Å². The Morgan fingerprint density at radius 3 is 2.33 bits per heavy atom. The molecule has 0 unspecified atom stereocenters. The van der Waals surface area contributed by atoms with Gasteiger partial charge >= 0.3 is 0 Å². The maximum Gasteiger partial charge on any atom is 0.275 e. The van der Waals surface area contributed by atoms with Gasteiger partial charge in [0.15, 0.2) is 0 Å². The molecular weight excluding hydrogens is 340 g/mol.